The van der Waals surface area contributed by atoms with Crippen LogP contribution in [0.5, 0.6) is 0 Å². The molecule has 2 heteroatoms. The van der Waals surface area contributed by atoms with Crippen LogP contribution in [0.4, 0.5) is 5.69 Å². The molecule has 0 radical (unpaired) electrons. The molecular weight excluding hydrogens is 198 g/mol. The number of anilines is 1. The second kappa shape index (κ2) is 4.85. The zero-order valence-electron chi connectivity index (χ0n) is 9.42. The van der Waals surface area contributed by atoms with E-state index in [9.17, 15) is 4.79 Å². The maximum atomic E-state index is 11.7. The third-order valence-corrected chi connectivity index (χ3v) is 2.90. The molecule has 82 valence electrons. The average Bonchev–Trinajstić information content (AvgIpc) is 2.18. The van der Waals surface area contributed by atoms with Gasteiger partial charge in [0.1, 0.15) is 0 Å². The molecule has 0 aliphatic heterocycles. The number of carbonyl (C=O) groups is 1. The van der Waals surface area contributed by atoms with Crippen molar-refractivity contribution in [1.82, 2.24) is 0 Å². The molecule has 0 unspecified atom stereocenters. The monoisotopic (exact) mass is 213 g/mol. The molecule has 1 aromatic rings. The Hall–Kier alpha value is -1.75. The molecule has 1 aromatic carbocycles. The van der Waals surface area contributed by atoms with Gasteiger partial charge in [-0.3, -0.25) is 4.79 Å². The lowest BCUT2D eigenvalue weighted by molar-refractivity contribution is -0.122. The van der Waals surface area contributed by atoms with Crippen molar-refractivity contribution in [1.29, 1.82) is 0 Å². The van der Waals surface area contributed by atoms with E-state index >= 15 is 0 Å². The largest absolute Gasteiger partial charge is 0.326 e. The maximum Gasteiger partial charge on any atom is 0.227 e. The smallest absolute Gasteiger partial charge is 0.227 e. The first-order valence-corrected chi connectivity index (χ1v) is 5.63. The molecule has 16 heavy (non-hydrogen) atoms. The highest BCUT2D eigenvalue weighted by Crippen LogP contribution is 2.27. The Labute approximate surface area is 96.1 Å². The molecule has 0 atom stereocenters. The Morgan fingerprint density at radius 1 is 1.31 bits per heavy atom. The lowest BCUT2D eigenvalue weighted by Gasteiger charge is -2.23. The zero-order valence-corrected chi connectivity index (χ0v) is 9.42. The Bertz CT molecular complexity index is 432. The van der Waals surface area contributed by atoms with E-state index in [0.29, 0.717) is 0 Å². The SMILES string of the molecule is CC#Cc1ccc(NC(=O)C2CCC2)cc1. The van der Waals surface area contributed by atoms with E-state index in [0.717, 1.165) is 24.1 Å². The van der Waals surface area contributed by atoms with Gasteiger partial charge in [-0.2, -0.15) is 0 Å². The molecule has 1 fully saturated rings. The van der Waals surface area contributed by atoms with E-state index in [1.54, 1.807) is 0 Å². The fourth-order valence-electron chi connectivity index (χ4n) is 1.70. The van der Waals surface area contributed by atoms with Crippen molar-refractivity contribution in [2.45, 2.75) is 26.2 Å². The standard InChI is InChI=1S/C14H15NO/c1-2-4-11-7-9-13(10-8-11)15-14(16)12-5-3-6-12/h7-10,12H,3,5-6H2,1H3,(H,15,16). The van der Waals surface area contributed by atoms with Crippen LogP contribution in [0.15, 0.2) is 24.3 Å². The first kappa shape index (κ1) is 10.8. The van der Waals surface area contributed by atoms with E-state index in [2.05, 4.69) is 17.2 Å². The minimum absolute atomic E-state index is 0.153. The predicted molar refractivity (Wildman–Crippen MR) is 65.0 cm³/mol. The number of carbonyl (C=O) groups excluding carboxylic acids is 1. The highest BCUT2D eigenvalue weighted by atomic mass is 16.1. The van der Waals surface area contributed by atoms with Gasteiger partial charge in [0.25, 0.3) is 0 Å². The molecule has 1 aliphatic carbocycles. The van der Waals surface area contributed by atoms with Crippen LogP contribution in [0.1, 0.15) is 31.7 Å². The lowest BCUT2D eigenvalue weighted by Crippen LogP contribution is -2.27. The summed E-state index contributed by atoms with van der Waals surface area (Å²) < 4.78 is 0. The Balaban J connectivity index is 1.98. The summed E-state index contributed by atoms with van der Waals surface area (Å²) in [6.45, 7) is 1.81. The summed E-state index contributed by atoms with van der Waals surface area (Å²) in [4.78, 5) is 11.7. The van der Waals surface area contributed by atoms with Crippen molar-refractivity contribution in [3.63, 3.8) is 0 Å². The normalized spacial score (nSPS) is 14.6. The van der Waals surface area contributed by atoms with Crippen LogP contribution >= 0.6 is 0 Å². The summed E-state index contributed by atoms with van der Waals surface area (Å²) in [5.74, 6) is 6.20. The van der Waals surface area contributed by atoms with Gasteiger partial charge in [0.05, 0.1) is 0 Å². The number of hydrogen-bond acceptors (Lipinski definition) is 1. The van der Waals surface area contributed by atoms with E-state index in [4.69, 9.17) is 0 Å². The fourth-order valence-corrected chi connectivity index (χ4v) is 1.70. The van der Waals surface area contributed by atoms with Crippen LogP contribution in [-0.2, 0) is 4.79 Å². The molecule has 0 aromatic heterocycles. The topological polar surface area (TPSA) is 29.1 Å². The Morgan fingerprint density at radius 2 is 2.00 bits per heavy atom. The summed E-state index contributed by atoms with van der Waals surface area (Å²) in [6.07, 6.45) is 3.25. The van der Waals surface area contributed by atoms with E-state index in [1.807, 2.05) is 31.2 Å². The second-order valence-corrected chi connectivity index (χ2v) is 4.07. The predicted octanol–water partition coefficient (Wildman–Crippen LogP) is 2.80. The fraction of sp³-hybridized carbons (Fsp3) is 0.357. The summed E-state index contributed by atoms with van der Waals surface area (Å²) in [7, 11) is 0. The summed E-state index contributed by atoms with van der Waals surface area (Å²) >= 11 is 0. The van der Waals surface area contributed by atoms with Gasteiger partial charge in [-0.15, -0.1) is 5.92 Å². The van der Waals surface area contributed by atoms with Crippen molar-refractivity contribution in [3.05, 3.63) is 29.8 Å². The number of amides is 1. The van der Waals surface area contributed by atoms with E-state index in [1.165, 1.54) is 6.42 Å². The average molecular weight is 213 g/mol. The number of nitrogens with one attached hydrogen (secondary N) is 1. The van der Waals surface area contributed by atoms with Crippen molar-refractivity contribution in [3.8, 4) is 11.8 Å². The van der Waals surface area contributed by atoms with Crippen LogP contribution in [-0.4, -0.2) is 5.91 Å². The molecule has 0 bridgehead atoms. The highest BCUT2D eigenvalue weighted by Gasteiger charge is 2.24. The molecule has 0 spiro atoms. The summed E-state index contributed by atoms with van der Waals surface area (Å²) in [5, 5.41) is 2.93. The number of hydrogen-bond donors (Lipinski definition) is 1. The van der Waals surface area contributed by atoms with Crippen molar-refractivity contribution in [2.75, 3.05) is 5.32 Å². The minimum Gasteiger partial charge on any atom is -0.326 e. The lowest BCUT2D eigenvalue weighted by atomic mass is 9.85. The first-order chi connectivity index (χ1) is 7.79. The quantitative estimate of drug-likeness (QED) is 0.752. The van der Waals surface area contributed by atoms with Crippen molar-refractivity contribution >= 4 is 11.6 Å². The number of benzene rings is 1. The van der Waals surface area contributed by atoms with Crippen LogP contribution < -0.4 is 5.32 Å². The van der Waals surface area contributed by atoms with Gasteiger partial charge in [0, 0.05) is 17.2 Å². The summed E-state index contributed by atoms with van der Waals surface area (Å²) in [5.41, 5.74) is 1.84. The van der Waals surface area contributed by atoms with Crippen LogP contribution in [0.3, 0.4) is 0 Å². The molecule has 2 rings (SSSR count). The second-order valence-electron chi connectivity index (χ2n) is 4.07. The van der Waals surface area contributed by atoms with Gasteiger partial charge < -0.3 is 5.32 Å². The molecule has 1 saturated carbocycles. The maximum absolute atomic E-state index is 11.7. The molecule has 1 N–H and O–H groups in total. The van der Waals surface area contributed by atoms with Gasteiger partial charge in [0.2, 0.25) is 5.91 Å². The van der Waals surface area contributed by atoms with Crippen LogP contribution in [0.25, 0.3) is 0 Å². The van der Waals surface area contributed by atoms with E-state index in [-0.39, 0.29) is 11.8 Å². The Morgan fingerprint density at radius 3 is 2.50 bits per heavy atom. The third kappa shape index (κ3) is 2.43. The van der Waals surface area contributed by atoms with Gasteiger partial charge in [-0.05, 0) is 44.0 Å². The molecule has 0 saturated heterocycles. The first-order valence-electron chi connectivity index (χ1n) is 5.63. The summed E-state index contributed by atoms with van der Waals surface area (Å²) in [6, 6.07) is 7.65. The van der Waals surface area contributed by atoms with Crippen LogP contribution in [0.2, 0.25) is 0 Å². The van der Waals surface area contributed by atoms with Crippen LogP contribution in [0, 0.1) is 17.8 Å². The minimum atomic E-state index is 0.153. The molecule has 2 nitrogen and oxygen atoms in total. The zero-order chi connectivity index (χ0) is 11.4. The molecule has 1 amide bonds. The van der Waals surface area contributed by atoms with Crippen molar-refractivity contribution in [2.24, 2.45) is 5.92 Å². The van der Waals surface area contributed by atoms with E-state index < -0.39 is 0 Å². The third-order valence-electron chi connectivity index (χ3n) is 2.90. The molecule has 0 heterocycles. The van der Waals surface area contributed by atoms with Crippen molar-refractivity contribution < 1.29 is 4.79 Å². The van der Waals surface area contributed by atoms with Gasteiger partial charge >= 0.3 is 0 Å². The van der Waals surface area contributed by atoms with Gasteiger partial charge in [-0.1, -0.05) is 12.3 Å². The highest BCUT2D eigenvalue weighted by molar-refractivity contribution is 5.93. The Kier molecular flexibility index (Phi) is 3.26. The molecular formula is C14H15NO. The number of rotatable bonds is 2. The van der Waals surface area contributed by atoms with Gasteiger partial charge in [-0.25, -0.2) is 0 Å². The molecule has 1 aliphatic rings. The van der Waals surface area contributed by atoms with Gasteiger partial charge in [0.15, 0.2) is 0 Å².